The standard InChI is InChI=1S/C21H20BrClN6O3/c1-11-8-12(2)18(14(9-11)21(32)28(4)26-13(3)30)25-20(31)16-10-17(22)27-29(16)19-15(23)6-5-7-24-19/h5-10H,1-4H3,(H,25,31)(H,26,30). The van der Waals surface area contributed by atoms with Gasteiger partial charge >= 0.3 is 0 Å². The van der Waals surface area contributed by atoms with Gasteiger partial charge in [0.1, 0.15) is 10.3 Å². The highest BCUT2D eigenvalue weighted by Crippen LogP contribution is 2.26. The minimum atomic E-state index is -0.520. The van der Waals surface area contributed by atoms with Gasteiger partial charge in [0, 0.05) is 26.2 Å². The van der Waals surface area contributed by atoms with Gasteiger partial charge in [0.05, 0.1) is 16.3 Å². The zero-order valence-electron chi connectivity index (χ0n) is 17.7. The van der Waals surface area contributed by atoms with E-state index in [1.54, 1.807) is 25.1 Å². The molecule has 1 aromatic carbocycles. The van der Waals surface area contributed by atoms with Gasteiger partial charge in [0.2, 0.25) is 5.91 Å². The van der Waals surface area contributed by atoms with Gasteiger partial charge in [0.15, 0.2) is 5.82 Å². The highest BCUT2D eigenvalue weighted by Gasteiger charge is 2.23. The number of hydrogen-bond acceptors (Lipinski definition) is 5. The second kappa shape index (κ2) is 9.49. The van der Waals surface area contributed by atoms with Crippen molar-refractivity contribution >= 4 is 50.9 Å². The Hall–Kier alpha value is -3.24. The Labute approximate surface area is 197 Å². The van der Waals surface area contributed by atoms with E-state index in [2.05, 4.69) is 36.8 Å². The Morgan fingerprint density at radius 1 is 1.19 bits per heavy atom. The summed E-state index contributed by atoms with van der Waals surface area (Å²) in [5, 5.41) is 8.45. The number of halogens is 2. The van der Waals surface area contributed by atoms with Crippen LogP contribution in [0.3, 0.4) is 0 Å². The van der Waals surface area contributed by atoms with Gasteiger partial charge in [-0.25, -0.2) is 9.67 Å². The van der Waals surface area contributed by atoms with E-state index in [4.69, 9.17) is 11.6 Å². The summed E-state index contributed by atoms with van der Waals surface area (Å²) in [5.74, 6) is -1.11. The van der Waals surface area contributed by atoms with Crippen LogP contribution in [-0.4, -0.2) is 44.5 Å². The number of hydrogen-bond donors (Lipinski definition) is 2. The van der Waals surface area contributed by atoms with E-state index in [0.717, 1.165) is 10.6 Å². The Kier molecular flexibility index (Phi) is 6.95. The SMILES string of the molecule is CC(=O)NN(C)C(=O)c1cc(C)cc(C)c1NC(=O)c1cc(Br)nn1-c1ncccc1Cl. The number of aryl methyl sites for hydroxylation is 2. The zero-order valence-corrected chi connectivity index (χ0v) is 20.1. The molecule has 2 N–H and O–H groups in total. The summed E-state index contributed by atoms with van der Waals surface area (Å²) in [4.78, 5) is 41.8. The van der Waals surface area contributed by atoms with Crippen molar-refractivity contribution in [1.82, 2.24) is 25.2 Å². The number of nitrogens with zero attached hydrogens (tertiary/aromatic N) is 4. The van der Waals surface area contributed by atoms with Crippen LogP contribution >= 0.6 is 27.5 Å². The van der Waals surface area contributed by atoms with Gasteiger partial charge in [-0.05, 0) is 59.1 Å². The summed E-state index contributed by atoms with van der Waals surface area (Å²) in [5.41, 5.74) is 4.63. The van der Waals surface area contributed by atoms with E-state index in [0.29, 0.717) is 20.9 Å². The maximum atomic E-state index is 13.2. The van der Waals surface area contributed by atoms with Crippen LogP contribution < -0.4 is 10.7 Å². The molecule has 0 aliphatic carbocycles. The van der Waals surface area contributed by atoms with E-state index < -0.39 is 17.7 Å². The van der Waals surface area contributed by atoms with Crippen molar-refractivity contribution in [3.05, 3.63) is 68.5 Å². The first kappa shape index (κ1) is 23.4. The molecule has 0 aliphatic rings. The summed E-state index contributed by atoms with van der Waals surface area (Å²) in [6.07, 6.45) is 1.54. The number of pyridine rings is 1. The number of aromatic nitrogens is 3. The molecule has 0 fully saturated rings. The van der Waals surface area contributed by atoms with E-state index in [1.165, 1.54) is 30.9 Å². The van der Waals surface area contributed by atoms with Gasteiger partial charge in [0.25, 0.3) is 11.8 Å². The predicted octanol–water partition coefficient (Wildman–Crippen LogP) is 3.68. The molecule has 0 saturated carbocycles. The third kappa shape index (κ3) is 4.97. The molecule has 0 atom stereocenters. The van der Waals surface area contributed by atoms with Crippen LogP contribution in [0.1, 0.15) is 38.9 Å². The van der Waals surface area contributed by atoms with Crippen molar-refractivity contribution in [2.24, 2.45) is 0 Å². The van der Waals surface area contributed by atoms with E-state index in [1.807, 2.05) is 13.0 Å². The van der Waals surface area contributed by atoms with Crippen LogP contribution in [0.15, 0.2) is 41.1 Å². The van der Waals surface area contributed by atoms with Crippen LogP contribution in [-0.2, 0) is 4.79 Å². The first-order chi connectivity index (χ1) is 15.1. The van der Waals surface area contributed by atoms with Crippen LogP contribution in [0, 0.1) is 13.8 Å². The van der Waals surface area contributed by atoms with Gasteiger partial charge in [-0.3, -0.25) is 24.8 Å². The lowest BCUT2D eigenvalue weighted by Gasteiger charge is -2.21. The molecule has 0 radical (unpaired) electrons. The fraction of sp³-hybridized carbons (Fsp3) is 0.190. The molecule has 2 heterocycles. The van der Waals surface area contributed by atoms with Crippen molar-refractivity contribution < 1.29 is 14.4 Å². The van der Waals surface area contributed by atoms with Crippen LogP contribution in [0.4, 0.5) is 5.69 Å². The molecular weight excluding hydrogens is 500 g/mol. The third-order valence-corrected chi connectivity index (χ3v) is 5.11. The average Bonchev–Trinajstić information content (AvgIpc) is 3.10. The minimum Gasteiger partial charge on any atom is -0.320 e. The maximum Gasteiger partial charge on any atom is 0.274 e. The Balaban J connectivity index is 2.02. The highest BCUT2D eigenvalue weighted by molar-refractivity contribution is 9.10. The van der Waals surface area contributed by atoms with Gasteiger partial charge in [-0.1, -0.05) is 17.7 Å². The lowest BCUT2D eigenvalue weighted by atomic mass is 10.0. The third-order valence-electron chi connectivity index (χ3n) is 4.43. The Morgan fingerprint density at radius 2 is 1.91 bits per heavy atom. The maximum absolute atomic E-state index is 13.2. The number of anilines is 1. The van der Waals surface area contributed by atoms with E-state index in [-0.39, 0.29) is 17.1 Å². The molecule has 0 spiro atoms. The van der Waals surface area contributed by atoms with Crippen LogP contribution in [0.25, 0.3) is 5.82 Å². The molecule has 0 unspecified atom stereocenters. The molecule has 0 saturated heterocycles. The second-order valence-electron chi connectivity index (χ2n) is 7.06. The number of rotatable bonds is 4. The summed E-state index contributed by atoms with van der Waals surface area (Å²) < 4.78 is 1.72. The summed E-state index contributed by atoms with van der Waals surface area (Å²) in [6.45, 7) is 4.92. The number of carbonyl (C=O) groups excluding carboxylic acids is 3. The zero-order chi connectivity index (χ0) is 23.6. The van der Waals surface area contributed by atoms with Gasteiger partial charge in [-0.15, -0.1) is 0 Å². The van der Waals surface area contributed by atoms with Crippen LogP contribution in [0.2, 0.25) is 5.02 Å². The smallest absolute Gasteiger partial charge is 0.274 e. The molecular formula is C21H20BrClN6O3. The first-order valence-corrected chi connectivity index (χ1v) is 10.6. The molecule has 3 aromatic rings. The fourth-order valence-electron chi connectivity index (χ4n) is 3.16. The lowest BCUT2D eigenvalue weighted by molar-refractivity contribution is -0.122. The van der Waals surface area contributed by atoms with Gasteiger partial charge < -0.3 is 5.32 Å². The Bertz CT molecular complexity index is 1230. The fourth-order valence-corrected chi connectivity index (χ4v) is 3.73. The topological polar surface area (TPSA) is 109 Å². The van der Waals surface area contributed by atoms with Crippen molar-refractivity contribution in [3.8, 4) is 5.82 Å². The summed E-state index contributed by atoms with van der Waals surface area (Å²) >= 11 is 9.51. The lowest BCUT2D eigenvalue weighted by Crippen LogP contribution is -2.42. The number of amides is 3. The molecule has 166 valence electrons. The largest absolute Gasteiger partial charge is 0.320 e. The van der Waals surface area contributed by atoms with Crippen molar-refractivity contribution in [1.29, 1.82) is 0 Å². The normalized spacial score (nSPS) is 10.6. The molecule has 0 bridgehead atoms. The monoisotopic (exact) mass is 518 g/mol. The molecule has 0 aliphatic heterocycles. The molecule has 3 rings (SSSR count). The molecule has 3 amide bonds. The van der Waals surface area contributed by atoms with Crippen LogP contribution in [0.5, 0.6) is 0 Å². The van der Waals surface area contributed by atoms with Crippen molar-refractivity contribution in [2.75, 3.05) is 12.4 Å². The second-order valence-corrected chi connectivity index (χ2v) is 8.28. The summed E-state index contributed by atoms with van der Waals surface area (Å²) in [6, 6.07) is 8.32. The average molecular weight is 520 g/mol. The molecule has 2 aromatic heterocycles. The Morgan fingerprint density at radius 3 is 2.56 bits per heavy atom. The minimum absolute atomic E-state index is 0.158. The molecule has 32 heavy (non-hydrogen) atoms. The quantitative estimate of drug-likeness (QED) is 0.511. The predicted molar refractivity (Wildman–Crippen MR) is 124 cm³/mol. The van der Waals surface area contributed by atoms with Gasteiger partial charge in [-0.2, -0.15) is 5.10 Å². The van der Waals surface area contributed by atoms with Crippen molar-refractivity contribution in [3.63, 3.8) is 0 Å². The van der Waals surface area contributed by atoms with E-state index >= 15 is 0 Å². The van der Waals surface area contributed by atoms with E-state index in [9.17, 15) is 14.4 Å². The summed E-state index contributed by atoms with van der Waals surface area (Å²) in [7, 11) is 1.43. The molecule has 11 heteroatoms. The molecule has 9 nitrogen and oxygen atoms in total. The van der Waals surface area contributed by atoms with Crippen molar-refractivity contribution in [2.45, 2.75) is 20.8 Å². The number of hydrazine groups is 1. The number of carbonyl (C=O) groups is 3. The number of benzene rings is 1. The number of nitrogens with one attached hydrogen (secondary N) is 2. The highest BCUT2D eigenvalue weighted by atomic mass is 79.9. The first-order valence-electron chi connectivity index (χ1n) is 9.42.